The number of nitrogens with zero attached hydrogens (tertiary/aromatic N) is 3. The van der Waals surface area contributed by atoms with Gasteiger partial charge < -0.3 is 4.90 Å². The lowest BCUT2D eigenvalue weighted by Crippen LogP contribution is -2.18. The molecule has 230 valence electrons. The van der Waals surface area contributed by atoms with Gasteiger partial charge in [-0.15, -0.1) is 0 Å². The molecule has 3 nitrogen and oxygen atoms in total. The average Bonchev–Trinajstić information content (AvgIpc) is 3.28. The van der Waals surface area contributed by atoms with E-state index in [1.165, 1.54) is 39.2 Å². The zero-order valence-electron chi connectivity index (χ0n) is 27.2. The first-order chi connectivity index (χ1) is 22.5. The maximum Gasteiger partial charge on any atom is 0.0711 e. The van der Waals surface area contributed by atoms with Gasteiger partial charge in [0, 0.05) is 48.2 Å². The number of benzene rings is 2. The van der Waals surface area contributed by atoms with Crippen LogP contribution >= 0.6 is 0 Å². The first-order valence-corrected chi connectivity index (χ1v) is 16.8. The summed E-state index contributed by atoms with van der Waals surface area (Å²) in [6.07, 6.45) is 24.5. The van der Waals surface area contributed by atoms with E-state index in [9.17, 15) is 0 Å². The molecule has 2 aliphatic carbocycles. The second-order valence-corrected chi connectivity index (χ2v) is 13.2. The van der Waals surface area contributed by atoms with E-state index in [2.05, 4.69) is 147 Å². The Kier molecular flexibility index (Phi) is 8.66. The molecule has 3 heterocycles. The van der Waals surface area contributed by atoms with Crippen LogP contribution in [0.15, 0.2) is 128 Å². The lowest BCUT2D eigenvalue weighted by molar-refractivity contribution is 0.351. The third-order valence-electron chi connectivity index (χ3n) is 9.80. The standard InChI is InChI=1S/C43H43N3/c1-30-14-10-11-15-31(2)43(30)41-28-36(27-40(45-41)33-18-8-5-9-19-33)35-24-37(26-38(25-35)42-20-12-13-23-46(42)3)39-22-21-34(29-44-39)32-16-6-4-7-17-32/h5-6,8-13,16-22,24-31,43H,4,7,14-15,23H2,1-3H3. The van der Waals surface area contributed by atoms with Gasteiger partial charge in [-0.3, -0.25) is 9.97 Å². The van der Waals surface area contributed by atoms with Crippen molar-refractivity contribution in [1.82, 2.24) is 14.9 Å². The second-order valence-electron chi connectivity index (χ2n) is 13.2. The smallest absolute Gasteiger partial charge is 0.0711 e. The van der Waals surface area contributed by atoms with Crippen LogP contribution in [0.2, 0.25) is 0 Å². The average molecular weight is 602 g/mol. The van der Waals surface area contributed by atoms with E-state index in [4.69, 9.17) is 9.97 Å². The van der Waals surface area contributed by atoms with Gasteiger partial charge in [-0.1, -0.05) is 92.8 Å². The minimum absolute atomic E-state index is 0.384. The van der Waals surface area contributed by atoms with E-state index in [-0.39, 0.29) is 0 Å². The van der Waals surface area contributed by atoms with Crippen LogP contribution in [0.3, 0.4) is 0 Å². The van der Waals surface area contributed by atoms with Gasteiger partial charge in [-0.25, -0.2) is 0 Å². The van der Waals surface area contributed by atoms with E-state index in [0.717, 1.165) is 54.7 Å². The first kappa shape index (κ1) is 29.9. The summed E-state index contributed by atoms with van der Waals surface area (Å²) in [5.41, 5.74) is 12.7. The van der Waals surface area contributed by atoms with Crippen molar-refractivity contribution < 1.29 is 0 Å². The number of pyridine rings is 2. The summed E-state index contributed by atoms with van der Waals surface area (Å²) in [4.78, 5) is 12.7. The highest BCUT2D eigenvalue weighted by Crippen LogP contribution is 2.41. The maximum atomic E-state index is 5.37. The number of likely N-dealkylation sites (N-methyl/N-ethyl adjacent to an activating group) is 1. The van der Waals surface area contributed by atoms with Gasteiger partial charge in [0.15, 0.2) is 0 Å². The largest absolute Gasteiger partial charge is 0.370 e. The Labute approximate surface area is 274 Å². The van der Waals surface area contributed by atoms with Crippen molar-refractivity contribution in [2.45, 2.75) is 45.4 Å². The Morgan fingerprint density at radius 1 is 0.674 bits per heavy atom. The van der Waals surface area contributed by atoms with Gasteiger partial charge in [0.2, 0.25) is 0 Å². The van der Waals surface area contributed by atoms with E-state index >= 15 is 0 Å². The molecule has 0 amide bonds. The molecule has 1 aliphatic heterocycles. The molecule has 0 fully saturated rings. The van der Waals surface area contributed by atoms with Crippen molar-refractivity contribution in [2.75, 3.05) is 13.6 Å². The number of aromatic nitrogens is 2. The van der Waals surface area contributed by atoms with Crippen LogP contribution in [-0.2, 0) is 0 Å². The van der Waals surface area contributed by atoms with Crippen LogP contribution in [0.1, 0.15) is 62.3 Å². The highest BCUT2D eigenvalue weighted by Gasteiger charge is 2.28. The van der Waals surface area contributed by atoms with Crippen molar-refractivity contribution in [2.24, 2.45) is 11.8 Å². The molecule has 2 aromatic carbocycles. The van der Waals surface area contributed by atoms with Gasteiger partial charge in [0.05, 0.1) is 11.4 Å². The Bertz CT molecular complexity index is 1840. The van der Waals surface area contributed by atoms with Crippen LogP contribution in [0.25, 0.3) is 44.9 Å². The summed E-state index contributed by atoms with van der Waals surface area (Å²) < 4.78 is 0. The summed E-state index contributed by atoms with van der Waals surface area (Å²) in [7, 11) is 2.17. The van der Waals surface area contributed by atoms with E-state index in [1.54, 1.807) is 0 Å². The predicted octanol–water partition coefficient (Wildman–Crippen LogP) is 10.8. The van der Waals surface area contributed by atoms with Gasteiger partial charge in [0.1, 0.15) is 0 Å². The van der Waals surface area contributed by atoms with Crippen molar-refractivity contribution in [1.29, 1.82) is 0 Å². The molecule has 0 N–H and O–H groups in total. The normalized spacial score (nSPS) is 21.1. The molecule has 2 atom stereocenters. The lowest BCUT2D eigenvalue weighted by Gasteiger charge is -2.28. The molecular weight excluding hydrogens is 558 g/mol. The Morgan fingerprint density at radius 3 is 2.15 bits per heavy atom. The van der Waals surface area contributed by atoms with Crippen LogP contribution in [0.4, 0.5) is 0 Å². The number of hydrogen-bond acceptors (Lipinski definition) is 3. The SMILES string of the molecule is CC1CC=CCC(C)C1c1cc(-c2cc(C3=CC=CCN3C)cc(-c3ccc(C4=CCCC=C4)cn3)c2)cc(-c2ccccc2)n1. The zero-order valence-corrected chi connectivity index (χ0v) is 27.2. The molecule has 3 heteroatoms. The summed E-state index contributed by atoms with van der Waals surface area (Å²) in [6, 6.07) is 26.7. The molecular formula is C43H43N3. The fraction of sp³-hybridized carbons (Fsp3) is 0.256. The fourth-order valence-electron chi connectivity index (χ4n) is 7.28. The molecule has 2 unspecified atom stereocenters. The summed E-state index contributed by atoms with van der Waals surface area (Å²) in [5.74, 6) is 1.42. The molecule has 0 saturated heterocycles. The summed E-state index contributed by atoms with van der Waals surface area (Å²) in [6.45, 7) is 5.67. The minimum Gasteiger partial charge on any atom is -0.370 e. The molecule has 46 heavy (non-hydrogen) atoms. The molecule has 4 aromatic rings. The van der Waals surface area contributed by atoms with Crippen LogP contribution in [0.5, 0.6) is 0 Å². The number of hydrogen-bond donors (Lipinski definition) is 0. The first-order valence-electron chi connectivity index (χ1n) is 16.8. The molecule has 0 saturated carbocycles. The molecule has 2 aromatic heterocycles. The monoisotopic (exact) mass is 601 g/mol. The van der Waals surface area contributed by atoms with E-state index in [0.29, 0.717) is 17.8 Å². The Morgan fingerprint density at radius 2 is 1.43 bits per heavy atom. The third-order valence-corrected chi connectivity index (χ3v) is 9.80. The number of allylic oxidation sites excluding steroid dienone is 8. The predicted molar refractivity (Wildman–Crippen MR) is 194 cm³/mol. The maximum absolute atomic E-state index is 5.37. The van der Waals surface area contributed by atoms with Crippen molar-refractivity contribution in [3.8, 4) is 33.6 Å². The summed E-state index contributed by atoms with van der Waals surface area (Å²) in [5, 5.41) is 0. The topological polar surface area (TPSA) is 29.0 Å². The molecule has 0 spiro atoms. The molecule has 7 rings (SSSR count). The fourth-order valence-corrected chi connectivity index (χ4v) is 7.28. The highest BCUT2D eigenvalue weighted by atomic mass is 15.1. The highest BCUT2D eigenvalue weighted by molar-refractivity contribution is 5.82. The quantitative estimate of drug-likeness (QED) is 0.206. The van der Waals surface area contributed by atoms with Crippen LogP contribution in [-0.4, -0.2) is 28.5 Å². The van der Waals surface area contributed by atoms with Gasteiger partial charge >= 0.3 is 0 Å². The van der Waals surface area contributed by atoms with Crippen LogP contribution < -0.4 is 0 Å². The summed E-state index contributed by atoms with van der Waals surface area (Å²) >= 11 is 0. The van der Waals surface area contributed by atoms with Gasteiger partial charge in [-0.2, -0.15) is 0 Å². The number of rotatable bonds is 6. The van der Waals surface area contributed by atoms with E-state index < -0.39 is 0 Å². The molecule has 0 radical (unpaired) electrons. The molecule has 0 bridgehead atoms. The van der Waals surface area contributed by atoms with Gasteiger partial charge in [-0.05, 0) is 108 Å². The van der Waals surface area contributed by atoms with Crippen molar-refractivity contribution in [3.05, 3.63) is 144 Å². The van der Waals surface area contributed by atoms with E-state index in [1.807, 2.05) is 6.20 Å². The third kappa shape index (κ3) is 6.33. The van der Waals surface area contributed by atoms with Crippen molar-refractivity contribution >= 4 is 11.3 Å². The Balaban J connectivity index is 1.38. The van der Waals surface area contributed by atoms with Crippen LogP contribution in [0, 0.1) is 11.8 Å². The Hall–Kier alpha value is -4.76. The zero-order chi connectivity index (χ0) is 31.5. The minimum atomic E-state index is 0.384. The lowest BCUT2D eigenvalue weighted by atomic mass is 9.79. The van der Waals surface area contributed by atoms with Crippen molar-refractivity contribution in [3.63, 3.8) is 0 Å². The molecule has 3 aliphatic rings. The van der Waals surface area contributed by atoms with Gasteiger partial charge in [0.25, 0.3) is 0 Å². The second kappa shape index (κ2) is 13.3.